The van der Waals surface area contributed by atoms with Crippen molar-refractivity contribution in [3.8, 4) is 5.75 Å². The molecule has 0 bridgehead atoms. The van der Waals surface area contributed by atoms with Crippen LogP contribution in [0.4, 0.5) is 0 Å². The van der Waals surface area contributed by atoms with Crippen LogP contribution in [0.5, 0.6) is 5.75 Å². The van der Waals surface area contributed by atoms with Crippen LogP contribution in [-0.2, 0) is 4.79 Å². The second-order valence-corrected chi connectivity index (χ2v) is 4.28. The summed E-state index contributed by atoms with van der Waals surface area (Å²) >= 11 is 0. The molecule has 2 heterocycles. The van der Waals surface area contributed by atoms with Crippen LogP contribution in [0.15, 0.2) is 24.5 Å². The molecule has 0 saturated carbocycles. The Bertz CT molecular complexity index is 650. The van der Waals surface area contributed by atoms with Gasteiger partial charge in [-0.1, -0.05) is 0 Å². The Labute approximate surface area is 115 Å². The van der Waals surface area contributed by atoms with Crippen molar-refractivity contribution in [3.63, 3.8) is 0 Å². The summed E-state index contributed by atoms with van der Waals surface area (Å²) in [5.74, 6) is -1.32. The van der Waals surface area contributed by atoms with E-state index in [0.29, 0.717) is 12.2 Å². The lowest BCUT2D eigenvalue weighted by Gasteiger charge is -2.18. The quantitative estimate of drug-likeness (QED) is 0.849. The Hall–Kier alpha value is -2.57. The number of pyridine rings is 1. The van der Waals surface area contributed by atoms with Crippen molar-refractivity contribution in [2.45, 2.75) is 13.3 Å². The van der Waals surface area contributed by atoms with Gasteiger partial charge in [0.1, 0.15) is 5.69 Å². The Kier molecular flexibility index (Phi) is 3.88. The molecule has 0 aromatic carbocycles. The molecule has 2 aromatic rings. The number of carboxylic acid groups (broad SMARTS) is 1. The minimum Gasteiger partial charge on any atom is -0.504 e. The lowest BCUT2D eigenvalue weighted by molar-refractivity contribution is -0.137. The molecule has 0 aliphatic carbocycles. The van der Waals surface area contributed by atoms with Crippen molar-refractivity contribution in [1.82, 2.24) is 14.3 Å². The lowest BCUT2D eigenvalue weighted by Crippen LogP contribution is -2.33. The molecule has 2 N–H and O–H groups in total. The smallest absolute Gasteiger partial charge is 0.305 e. The number of carbonyl (C=O) groups excluding carboxylic acids is 1. The number of aromatic nitrogens is 2. The van der Waals surface area contributed by atoms with Crippen molar-refractivity contribution in [1.29, 1.82) is 0 Å². The fourth-order valence-corrected chi connectivity index (χ4v) is 1.90. The van der Waals surface area contributed by atoms with Gasteiger partial charge >= 0.3 is 5.97 Å². The van der Waals surface area contributed by atoms with Crippen LogP contribution in [-0.4, -0.2) is 49.5 Å². The number of hydrogen-bond acceptors (Lipinski definition) is 4. The monoisotopic (exact) mass is 277 g/mol. The van der Waals surface area contributed by atoms with Gasteiger partial charge in [0.15, 0.2) is 11.4 Å². The van der Waals surface area contributed by atoms with E-state index in [1.807, 2.05) is 0 Å². The van der Waals surface area contributed by atoms with Gasteiger partial charge in [-0.2, -0.15) is 0 Å². The third kappa shape index (κ3) is 2.71. The molecule has 0 radical (unpaired) electrons. The molecule has 7 heteroatoms. The fourth-order valence-electron chi connectivity index (χ4n) is 1.90. The molecular weight excluding hydrogens is 262 g/mol. The molecule has 0 fully saturated rings. The first-order valence-corrected chi connectivity index (χ1v) is 6.20. The van der Waals surface area contributed by atoms with Gasteiger partial charge in [-0.05, 0) is 19.1 Å². The van der Waals surface area contributed by atoms with Crippen molar-refractivity contribution in [2.75, 3.05) is 13.1 Å². The molecule has 106 valence electrons. The molecule has 0 spiro atoms. The zero-order valence-corrected chi connectivity index (χ0v) is 11.0. The summed E-state index contributed by atoms with van der Waals surface area (Å²) in [6.45, 7) is 2.30. The second-order valence-electron chi connectivity index (χ2n) is 4.28. The summed E-state index contributed by atoms with van der Waals surface area (Å²) in [7, 11) is 0. The standard InChI is InChI=1S/C13H15N3O4/c1-2-15(7-5-11(18)19)13(20)9-8-16-6-3-4-10(17)12(16)14-9/h3-4,6,8,17H,2,5,7H2,1H3,(H,18,19). The molecule has 0 aliphatic rings. The first kappa shape index (κ1) is 13.9. The minimum atomic E-state index is -0.955. The van der Waals surface area contributed by atoms with E-state index in [0.717, 1.165) is 0 Å². The van der Waals surface area contributed by atoms with Gasteiger partial charge in [0.25, 0.3) is 5.91 Å². The number of carbonyl (C=O) groups is 2. The maximum absolute atomic E-state index is 12.2. The van der Waals surface area contributed by atoms with Crippen LogP contribution in [0.3, 0.4) is 0 Å². The van der Waals surface area contributed by atoms with Crippen molar-refractivity contribution in [3.05, 3.63) is 30.2 Å². The molecular formula is C13H15N3O4. The van der Waals surface area contributed by atoms with E-state index in [4.69, 9.17) is 5.11 Å². The Balaban J connectivity index is 2.25. The molecule has 2 rings (SSSR count). The predicted molar refractivity (Wildman–Crippen MR) is 70.7 cm³/mol. The number of rotatable bonds is 5. The highest BCUT2D eigenvalue weighted by Crippen LogP contribution is 2.17. The zero-order chi connectivity index (χ0) is 14.7. The molecule has 0 aliphatic heterocycles. The number of aromatic hydroxyl groups is 1. The lowest BCUT2D eigenvalue weighted by atomic mass is 10.3. The number of hydrogen-bond donors (Lipinski definition) is 2. The SMILES string of the molecule is CCN(CCC(=O)O)C(=O)c1cn2cccc(O)c2n1. The summed E-state index contributed by atoms with van der Waals surface area (Å²) in [5.41, 5.74) is 0.476. The van der Waals surface area contributed by atoms with Crippen molar-refractivity contribution in [2.24, 2.45) is 0 Å². The molecule has 0 saturated heterocycles. The summed E-state index contributed by atoms with van der Waals surface area (Å²) in [6, 6.07) is 3.12. The molecule has 20 heavy (non-hydrogen) atoms. The van der Waals surface area contributed by atoms with Crippen LogP contribution in [0.25, 0.3) is 5.65 Å². The number of aliphatic carboxylic acids is 1. The highest BCUT2D eigenvalue weighted by atomic mass is 16.4. The minimum absolute atomic E-state index is 0.0138. The van der Waals surface area contributed by atoms with Gasteiger partial charge in [-0.3, -0.25) is 9.59 Å². The zero-order valence-electron chi connectivity index (χ0n) is 11.0. The third-order valence-electron chi connectivity index (χ3n) is 2.95. The number of carboxylic acids is 1. The first-order chi connectivity index (χ1) is 9.52. The summed E-state index contributed by atoms with van der Waals surface area (Å²) in [4.78, 5) is 28.3. The van der Waals surface area contributed by atoms with E-state index < -0.39 is 5.97 Å². The van der Waals surface area contributed by atoms with Crippen LogP contribution >= 0.6 is 0 Å². The highest BCUT2D eigenvalue weighted by Gasteiger charge is 2.19. The summed E-state index contributed by atoms with van der Waals surface area (Å²) < 4.78 is 1.55. The molecule has 7 nitrogen and oxygen atoms in total. The molecule has 0 unspecified atom stereocenters. The van der Waals surface area contributed by atoms with Crippen molar-refractivity contribution < 1.29 is 19.8 Å². The predicted octanol–water partition coefficient (Wildman–Crippen LogP) is 0.977. The van der Waals surface area contributed by atoms with Crippen LogP contribution < -0.4 is 0 Å². The highest BCUT2D eigenvalue weighted by molar-refractivity contribution is 5.93. The van der Waals surface area contributed by atoms with E-state index in [1.165, 1.54) is 17.2 Å². The molecule has 1 amide bonds. The number of nitrogens with zero attached hydrogens (tertiary/aromatic N) is 3. The normalized spacial score (nSPS) is 10.7. The number of fused-ring (bicyclic) bond motifs is 1. The van der Waals surface area contributed by atoms with Crippen LogP contribution in [0.1, 0.15) is 23.8 Å². The Morgan fingerprint density at radius 2 is 2.20 bits per heavy atom. The number of imidazole rings is 1. The average Bonchev–Trinajstić information content (AvgIpc) is 2.84. The van der Waals surface area contributed by atoms with Crippen LogP contribution in [0, 0.1) is 0 Å². The summed E-state index contributed by atoms with van der Waals surface area (Å²) in [5, 5.41) is 18.3. The topological polar surface area (TPSA) is 95.1 Å². The van der Waals surface area contributed by atoms with Gasteiger partial charge in [0, 0.05) is 25.5 Å². The van der Waals surface area contributed by atoms with Crippen molar-refractivity contribution >= 4 is 17.5 Å². The van der Waals surface area contributed by atoms with Gasteiger partial charge < -0.3 is 19.5 Å². The van der Waals surface area contributed by atoms with E-state index in [9.17, 15) is 14.7 Å². The fraction of sp³-hybridized carbons (Fsp3) is 0.308. The van der Waals surface area contributed by atoms with Gasteiger partial charge in [-0.15, -0.1) is 0 Å². The number of amides is 1. The third-order valence-corrected chi connectivity index (χ3v) is 2.95. The Morgan fingerprint density at radius 1 is 1.45 bits per heavy atom. The van der Waals surface area contributed by atoms with E-state index in [1.54, 1.807) is 23.6 Å². The molecule has 0 atom stereocenters. The summed E-state index contributed by atoms with van der Waals surface area (Å²) in [6.07, 6.45) is 3.07. The van der Waals surface area contributed by atoms with E-state index in [2.05, 4.69) is 4.98 Å². The maximum Gasteiger partial charge on any atom is 0.305 e. The van der Waals surface area contributed by atoms with Gasteiger partial charge in [0.05, 0.1) is 6.42 Å². The largest absolute Gasteiger partial charge is 0.504 e. The Morgan fingerprint density at radius 3 is 2.80 bits per heavy atom. The molecule has 2 aromatic heterocycles. The van der Waals surface area contributed by atoms with E-state index >= 15 is 0 Å². The maximum atomic E-state index is 12.2. The van der Waals surface area contributed by atoms with E-state index in [-0.39, 0.29) is 30.3 Å². The van der Waals surface area contributed by atoms with Gasteiger partial charge in [0.2, 0.25) is 0 Å². The first-order valence-electron chi connectivity index (χ1n) is 6.20. The average molecular weight is 277 g/mol. The van der Waals surface area contributed by atoms with Gasteiger partial charge in [-0.25, -0.2) is 4.98 Å². The van der Waals surface area contributed by atoms with Crippen LogP contribution in [0.2, 0.25) is 0 Å². The second kappa shape index (κ2) is 5.60.